The number of nitrogens with zero attached hydrogens (tertiary/aromatic N) is 4. The van der Waals surface area contributed by atoms with Gasteiger partial charge in [-0.15, -0.1) is 0 Å². The molecule has 0 amide bonds. The molecule has 0 saturated carbocycles. The number of hydrogen-bond acceptors (Lipinski definition) is 4. The Balaban J connectivity index is 2.53. The summed E-state index contributed by atoms with van der Waals surface area (Å²) in [7, 11) is 0. The molecule has 2 rings (SSSR count). The van der Waals surface area contributed by atoms with Gasteiger partial charge in [0.15, 0.2) is 5.82 Å². The minimum Gasteiger partial charge on any atom is -0.395 e. The molecule has 0 atom stereocenters. The van der Waals surface area contributed by atoms with Crippen LogP contribution in [-0.2, 0) is 6.42 Å². The van der Waals surface area contributed by atoms with Crippen molar-refractivity contribution >= 4 is 5.69 Å². The first kappa shape index (κ1) is 11.1. The molecule has 2 aromatic rings. The molecule has 5 heteroatoms. The summed E-state index contributed by atoms with van der Waals surface area (Å²) in [6.07, 6.45) is 6.95. The molecule has 0 aromatic carbocycles. The first-order valence-corrected chi connectivity index (χ1v) is 5.45. The Morgan fingerprint density at radius 1 is 1.41 bits per heavy atom. The van der Waals surface area contributed by atoms with Gasteiger partial charge in [-0.3, -0.25) is 4.57 Å². The van der Waals surface area contributed by atoms with Crippen LogP contribution in [0.4, 0.5) is 5.69 Å². The Bertz CT molecular complexity index is 565. The molecule has 17 heavy (non-hydrogen) atoms. The van der Waals surface area contributed by atoms with Crippen LogP contribution in [0.2, 0.25) is 0 Å². The van der Waals surface area contributed by atoms with Crippen LogP contribution in [0.1, 0.15) is 24.7 Å². The van der Waals surface area contributed by atoms with Gasteiger partial charge in [-0.2, -0.15) is 5.26 Å². The van der Waals surface area contributed by atoms with E-state index in [0.29, 0.717) is 17.1 Å². The van der Waals surface area contributed by atoms with Gasteiger partial charge >= 0.3 is 0 Å². The van der Waals surface area contributed by atoms with E-state index in [1.165, 1.54) is 0 Å². The summed E-state index contributed by atoms with van der Waals surface area (Å²) >= 11 is 0. The second-order valence-corrected chi connectivity index (χ2v) is 3.67. The van der Waals surface area contributed by atoms with Crippen molar-refractivity contribution in [3.05, 3.63) is 36.0 Å². The van der Waals surface area contributed by atoms with E-state index < -0.39 is 0 Å². The van der Waals surface area contributed by atoms with E-state index >= 15 is 0 Å². The zero-order valence-corrected chi connectivity index (χ0v) is 9.59. The molecule has 5 nitrogen and oxygen atoms in total. The molecule has 0 aliphatic carbocycles. The Morgan fingerprint density at radius 3 is 2.94 bits per heavy atom. The van der Waals surface area contributed by atoms with Crippen LogP contribution in [-0.4, -0.2) is 14.5 Å². The molecule has 0 fully saturated rings. The molecule has 0 aliphatic heterocycles. The lowest BCUT2D eigenvalue weighted by molar-refractivity contribution is 0.799. The Hall–Kier alpha value is -2.35. The lowest BCUT2D eigenvalue weighted by atomic mass is 10.2. The van der Waals surface area contributed by atoms with E-state index in [2.05, 4.69) is 23.0 Å². The predicted molar refractivity (Wildman–Crippen MR) is 64.5 cm³/mol. The van der Waals surface area contributed by atoms with Gasteiger partial charge in [0.05, 0.1) is 11.3 Å². The number of aromatic nitrogens is 3. The maximum Gasteiger partial charge on any atom is 0.162 e. The molecular formula is C12H13N5. The van der Waals surface area contributed by atoms with Gasteiger partial charge in [-0.05, 0) is 12.5 Å². The minimum absolute atomic E-state index is 0.394. The number of pyridine rings is 1. The number of rotatable bonds is 3. The summed E-state index contributed by atoms with van der Waals surface area (Å²) in [5, 5.41) is 8.93. The lowest BCUT2D eigenvalue weighted by Gasteiger charge is -2.09. The van der Waals surface area contributed by atoms with Gasteiger partial charge in [0.1, 0.15) is 11.9 Å². The number of nitriles is 1. The standard InChI is InChI=1S/C12H13N5/c1-2-3-10-15-6-7-17(10)12-11(14)9(8-13)4-5-16-12/h4-7H,2-3,14H2,1H3. The van der Waals surface area contributed by atoms with Gasteiger partial charge in [-0.1, -0.05) is 6.92 Å². The first-order chi connectivity index (χ1) is 8.27. The fraction of sp³-hybridized carbons (Fsp3) is 0.250. The van der Waals surface area contributed by atoms with Crippen molar-refractivity contribution in [3.8, 4) is 11.9 Å². The molecule has 0 unspecified atom stereocenters. The van der Waals surface area contributed by atoms with Gasteiger partial charge in [0.25, 0.3) is 0 Å². The van der Waals surface area contributed by atoms with Crippen LogP contribution >= 0.6 is 0 Å². The van der Waals surface area contributed by atoms with Crippen LogP contribution in [0.3, 0.4) is 0 Å². The smallest absolute Gasteiger partial charge is 0.162 e. The highest BCUT2D eigenvalue weighted by atomic mass is 15.1. The van der Waals surface area contributed by atoms with Crippen molar-refractivity contribution in [2.45, 2.75) is 19.8 Å². The quantitative estimate of drug-likeness (QED) is 0.864. The van der Waals surface area contributed by atoms with Crippen LogP contribution < -0.4 is 5.73 Å². The highest BCUT2D eigenvalue weighted by Crippen LogP contribution is 2.19. The Morgan fingerprint density at radius 2 is 2.24 bits per heavy atom. The number of nitrogen functional groups attached to an aromatic ring is 1. The second-order valence-electron chi connectivity index (χ2n) is 3.67. The highest BCUT2D eigenvalue weighted by Gasteiger charge is 2.11. The van der Waals surface area contributed by atoms with E-state index in [9.17, 15) is 0 Å². The lowest BCUT2D eigenvalue weighted by Crippen LogP contribution is -2.07. The van der Waals surface area contributed by atoms with Gasteiger partial charge in [0.2, 0.25) is 0 Å². The van der Waals surface area contributed by atoms with Crippen molar-refractivity contribution in [2.75, 3.05) is 5.73 Å². The fourth-order valence-electron chi connectivity index (χ4n) is 1.69. The van der Waals surface area contributed by atoms with Gasteiger partial charge < -0.3 is 5.73 Å². The molecule has 0 radical (unpaired) electrons. The summed E-state index contributed by atoms with van der Waals surface area (Å²) < 4.78 is 1.83. The van der Waals surface area contributed by atoms with E-state index in [1.54, 1.807) is 18.5 Å². The van der Waals surface area contributed by atoms with Crippen molar-refractivity contribution in [2.24, 2.45) is 0 Å². The average molecular weight is 227 g/mol. The summed E-state index contributed by atoms with van der Waals surface area (Å²) in [5.74, 6) is 1.48. The molecular weight excluding hydrogens is 214 g/mol. The Kier molecular flexibility index (Phi) is 3.06. The van der Waals surface area contributed by atoms with Crippen molar-refractivity contribution in [3.63, 3.8) is 0 Å². The van der Waals surface area contributed by atoms with E-state index in [0.717, 1.165) is 18.7 Å². The van der Waals surface area contributed by atoms with Crippen molar-refractivity contribution < 1.29 is 0 Å². The number of imidazole rings is 1. The largest absolute Gasteiger partial charge is 0.395 e. The molecule has 0 saturated heterocycles. The van der Waals surface area contributed by atoms with Crippen LogP contribution in [0.5, 0.6) is 0 Å². The van der Waals surface area contributed by atoms with E-state index in [4.69, 9.17) is 11.0 Å². The second kappa shape index (κ2) is 4.66. The van der Waals surface area contributed by atoms with Crippen molar-refractivity contribution in [1.29, 1.82) is 5.26 Å². The van der Waals surface area contributed by atoms with Gasteiger partial charge in [0, 0.05) is 25.0 Å². The third-order valence-electron chi connectivity index (χ3n) is 2.51. The summed E-state index contributed by atoms with van der Waals surface area (Å²) in [5.41, 5.74) is 6.75. The zero-order valence-electron chi connectivity index (χ0n) is 9.59. The molecule has 2 heterocycles. The molecule has 0 spiro atoms. The third-order valence-corrected chi connectivity index (χ3v) is 2.51. The van der Waals surface area contributed by atoms with E-state index in [-0.39, 0.29) is 0 Å². The van der Waals surface area contributed by atoms with E-state index in [1.807, 2.05) is 10.8 Å². The number of anilines is 1. The zero-order chi connectivity index (χ0) is 12.3. The molecule has 2 aromatic heterocycles. The number of hydrogen-bond donors (Lipinski definition) is 1. The van der Waals surface area contributed by atoms with Crippen molar-refractivity contribution in [1.82, 2.24) is 14.5 Å². The topological polar surface area (TPSA) is 80.5 Å². The minimum atomic E-state index is 0.394. The van der Waals surface area contributed by atoms with Crippen LogP contribution in [0, 0.1) is 11.3 Å². The first-order valence-electron chi connectivity index (χ1n) is 5.45. The van der Waals surface area contributed by atoms with Crippen LogP contribution in [0.25, 0.3) is 5.82 Å². The molecule has 0 aliphatic rings. The summed E-state index contributed by atoms with van der Waals surface area (Å²) in [4.78, 5) is 8.48. The Labute approximate surface area is 99.5 Å². The maximum absolute atomic E-state index is 8.93. The molecule has 86 valence electrons. The summed E-state index contributed by atoms with van der Waals surface area (Å²) in [6, 6.07) is 3.66. The molecule has 2 N–H and O–H groups in total. The number of aryl methyl sites for hydroxylation is 1. The number of nitrogens with two attached hydrogens (primary N) is 1. The fourth-order valence-corrected chi connectivity index (χ4v) is 1.69. The summed E-state index contributed by atoms with van der Waals surface area (Å²) in [6.45, 7) is 2.08. The highest BCUT2D eigenvalue weighted by molar-refractivity contribution is 5.63. The SMILES string of the molecule is CCCc1nccn1-c1nccc(C#N)c1N. The van der Waals surface area contributed by atoms with Crippen LogP contribution in [0.15, 0.2) is 24.7 Å². The molecule has 0 bridgehead atoms. The average Bonchev–Trinajstić information content (AvgIpc) is 2.78. The third kappa shape index (κ3) is 1.97. The normalized spacial score (nSPS) is 10.1. The monoisotopic (exact) mass is 227 g/mol. The predicted octanol–water partition coefficient (Wildman–Crippen LogP) is 1.67. The maximum atomic E-state index is 8.93. The van der Waals surface area contributed by atoms with Gasteiger partial charge in [-0.25, -0.2) is 9.97 Å².